The number of methoxy groups -OCH3 is 1. The Morgan fingerprint density at radius 2 is 1.56 bits per heavy atom. The predicted octanol–water partition coefficient (Wildman–Crippen LogP) is 7.32. The van der Waals surface area contributed by atoms with Gasteiger partial charge in [0.2, 0.25) is 0 Å². The minimum Gasteiger partial charge on any atom is -0.497 e. The fourth-order valence-corrected chi connectivity index (χ4v) is 10.5. The molecule has 1 unspecified atom stereocenters. The van der Waals surface area contributed by atoms with Crippen LogP contribution in [0.2, 0.25) is 0 Å². The Balaban J connectivity index is 1.36. The molecule has 2 aliphatic rings. The van der Waals surface area contributed by atoms with Crippen LogP contribution in [0.5, 0.6) is 5.75 Å². The van der Waals surface area contributed by atoms with Gasteiger partial charge in [-0.15, -0.1) is 0 Å². The molecule has 45 heavy (non-hydrogen) atoms. The number of rotatable bonds is 11. The van der Waals surface area contributed by atoms with E-state index in [1.54, 1.807) is 7.11 Å². The third kappa shape index (κ3) is 7.41. The van der Waals surface area contributed by atoms with E-state index in [1.807, 2.05) is 67.6 Å². The lowest BCUT2D eigenvalue weighted by Gasteiger charge is -2.48. The minimum atomic E-state index is -3.29. The van der Waals surface area contributed by atoms with Gasteiger partial charge in [-0.25, -0.2) is 0 Å². The number of Topliss-reactive ketones (excluding diaryl/α,β-unsaturated/α-hetero) is 1. The molecule has 0 saturated heterocycles. The van der Waals surface area contributed by atoms with Crippen molar-refractivity contribution in [2.75, 3.05) is 13.7 Å². The molecule has 0 N–H and O–H groups in total. The topological polar surface area (TPSA) is 54.0 Å². The van der Waals surface area contributed by atoms with Crippen molar-refractivity contribution in [1.82, 2.24) is 0 Å². The molecule has 0 aliphatic heterocycles. The summed E-state index contributed by atoms with van der Waals surface area (Å²) in [6.07, 6.45) is 2.88. The Hall–Kier alpha value is -3.29. The van der Waals surface area contributed by atoms with Gasteiger partial charge in [0, 0.05) is 0 Å². The van der Waals surface area contributed by atoms with Crippen LogP contribution >= 0.6 is 0 Å². The van der Waals surface area contributed by atoms with Crippen molar-refractivity contribution in [1.29, 1.82) is 0 Å². The van der Waals surface area contributed by atoms with E-state index in [4.69, 9.17) is 18.3 Å². The van der Waals surface area contributed by atoms with Crippen LogP contribution in [0.15, 0.2) is 108 Å². The monoisotopic (exact) mass is 624 g/mol. The largest absolute Gasteiger partial charge is 0.497 e. The first-order valence-corrected chi connectivity index (χ1v) is 17.9. The summed E-state index contributed by atoms with van der Waals surface area (Å²) >= 11 is 0. The summed E-state index contributed by atoms with van der Waals surface area (Å²) in [6.45, 7) is 15.9. The first kappa shape index (κ1) is 33.1. The van der Waals surface area contributed by atoms with Crippen LogP contribution in [0.1, 0.15) is 65.9 Å². The van der Waals surface area contributed by atoms with Gasteiger partial charge in [-0.2, -0.15) is 0 Å². The number of hydrogen-bond donors (Lipinski definition) is 0. The molecule has 2 aliphatic carbocycles. The molecule has 0 radical (unpaired) electrons. The van der Waals surface area contributed by atoms with E-state index in [2.05, 4.69) is 58.5 Å². The van der Waals surface area contributed by atoms with E-state index in [0.717, 1.165) is 52.1 Å². The van der Waals surface area contributed by atoms with E-state index in [0.29, 0.717) is 19.6 Å². The molecule has 3 atom stereocenters. The number of allylic oxidation sites excluding steroid dienone is 1. The fourth-order valence-electron chi connectivity index (χ4n) is 6.94. The van der Waals surface area contributed by atoms with E-state index in [-0.39, 0.29) is 17.1 Å². The van der Waals surface area contributed by atoms with Crippen LogP contribution in [0, 0.1) is 11.3 Å². The normalized spacial score (nSPS) is 22.2. The Morgan fingerprint density at radius 3 is 2.11 bits per heavy atom. The van der Waals surface area contributed by atoms with Gasteiger partial charge in [-0.1, -0.05) is 91.9 Å². The van der Waals surface area contributed by atoms with Crippen molar-refractivity contribution in [3.63, 3.8) is 0 Å². The predicted molar refractivity (Wildman–Crippen MR) is 183 cm³/mol. The molecular formula is C39H48O5Si. The first-order valence-electron chi connectivity index (χ1n) is 16.1. The number of ether oxygens (including phenoxy) is 2. The van der Waals surface area contributed by atoms with Crippen molar-refractivity contribution in [2.24, 2.45) is 11.3 Å². The van der Waals surface area contributed by atoms with Crippen molar-refractivity contribution >= 4 is 24.7 Å². The number of fused-ring (bicyclic) bond motifs is 1. The molecule has 1 fully saturated rings. The maximum atomic E-state index is 14.2. The molecule has 5 rings (SSSR count). The Bertz CT molecular complexity index is 1470. The van der Waals surface area contributed by atoms with Crippen LogP contribution in [-0.4, -0.2) is 39.8 Å². The summed E-state index contributed by atoms with van der Waals surface area (Å²) in [5.41, 5.74) is 3.67. The van der Waals surface area contributed by atoms with E-state index in [9.17, 15) is 4.79 Å². The second kappa shape index (κ2) is 13.6. The lowest BCUT2D eigenvalue weighted by Crippen LogP contribution is -2.68. The van der Waals surface area contributed by atoms with E-state index in [1.165, 1.54) is 5.57 Å². The maximum absolute atomic E-state index is 14.2. The van der Waals surface area contributed by atoms with Crippen molar-refractivity contribution in [3.8, 4) is 5.75 Å². The molecule has 3 aromatic rings. The van der Waals surface area contributed by atoms with Gasteiger partial charge in [0.25, 0.3) is 0 Å². The van der Waals surface area contributed by atoms with Crippen molar-refractivity contribution in [2.45, 2.75) is 78.6 Å². The average molecular weight is 625 g/mol. The summed E-state index contributed by atoms with van der Waals surface area (Å²) in [5.74, 6) is 1.20. The van der Waals surface area contributed by atoms with Gasteiger partial charge in [0.1, 0.15) is 11.9 Å². The SMILES string of the molecule is C=C(COCc1ccc(OC)cc1)[C@@H]1CC[C@]2(C)CC(O[Si](OC(C)(C)C)(c3ccccc3)c3ccccc3)C(=O)C(C)=C2C1. The van der Waals surface area contributed by atoms with Crippen molar-refractivity contribution in [3.05, 3.63) is 114 Å². The summed E-state index contributed by atoms with van der Waals surface area (Å²) in [6, 6.07) is 28.4. The van der Waals surface area contributed by atoms with Crippen LogP contribution in [0.25, 0.3) is 0 Å². The lowest BCUT2D eigenvalue weighted by molar-refractivity contribution is -0.126. The molecule has 0 spiro atoms. The van der Waals surface area contributed by atoms with Gasteiger partial charge >= 0.3 is 8.56 Å². The number of benzene rings is 3. The molecule has 0 bridgehead atoms. The third-order valence-electron chi connectivity index (χ3n) is 9.33. The zero-order chi connectivity index (χ0) is 32.2. The molecule has 3 aromatic carbocycles. The highest BCUT2D eigenvalue weighted by Crippen LogP contribution is 2.52. The van der Waals surface area contributed by atoms with Crippen molar-refractivity contribution < 1.29 is 23.1 Å². The highest BCUT2D eigenvalue weighted by atomic mass is 28.4. The molecule has 5 nitrogen and oxygen atoms in total. The lowest BCUT2D eigenvalue weighted by atomic mass is 9.60. The zero-order valence-electron chi connectivity index (χ0n) is 27.7. The fraction of sp³-hybridized carbons (Fsp3) is 0.410. The molecule has 1 saturated carbocycles. The molecule has 238 valence electrons. The van der Waals surface area contributed by atoms with Gasteiger partial charge in [0.15, 0.2) is 5.78 Å². The Morgan fingerprint density at radius 1 is 0.956 bits per heavy atom. The highest BCUT2D eigenvalue weighted by Gasteiger charge is 2.52. The molecular weight excluding hydrogens is 577 g/mol. The van der Waals surface area contributed by atoms with Crippen LogP contribution in [0.3, 0.4) is 0 Å². The quantitative estimate of drug-likeness (QED) is 0.165. The Kier molecular flexibility index (Phi) is 9.99. The zero-order valence-corrected chi connectivity index (χ0v) is 28.7. The van der Waals surface area contributed by atoms with Gasteiger partial charge in [-0.05, 0) is 104 Å². The molecule has 0 aromatic heterocycles. The van der Waals surface area contributed by atoms with Crippen LogP contribution in [0.4, 0.5) is 0 Å². The molecule has 0 amide bonds. The number of hydrogen-bond acceptors (Lipinski definition) is 5. The first-order chi connectivity index (χ1) is 21.4. The summed E-state index contributed by atoms with van der Waals surface area (Å²) in [5, 5.41) is 2.01. The summed E-state index contributed by atoms with van der Waals surface area (Å²) in [4.78, 5) is 14.2. The van der Waals surface area contributed by atoms with Crippen LogP contribution < -0.4 is 15.1 Å². The molecule has 0 heterocycles. The van der Waals surface area contributed by atoms with E-state index < -0.39 is 20.3 Å². The maximum Gasteiger partial charge on any atom is 0.408 e. The van der Waals surface area contributed by atoms with E-state index >= 15 is 0 Å². The summed E-state index contributed by atoms with van der Waals surface area (Å²) < 4.78 is 25.5. The minimum absolute atomic E-state index is 0.0748. The average Bonchev–Trinajstić information content (AvgIpc) is 3.03. The number of ketones is 1. The van der Waals surface area contributed by atoms with Gasteiger partial charge < -0.3 is 18.3 Å². The second-order valence-corrected chi connectivity index (χ2v) is 16.7. The molecule has 6 heteroatoms. The van der Waals surface area contributed by atoms with Gasteiger partial charge in [-0.3, -0.25) is 4.79 Å². The third-order valence-corrected chi connectivity index (χ3v) is 13.0. The van der Waals surface area contributed by atoms with Crippen LogP contribution in [-0.2, 0) is 25.0 Å². The smallest absolute Gasteiger partial charge is 0.408 e. The second-order valence-electron chi connectivity index (χ2n) is 13.8. The van der Waals surface area contributed by atoms with Gasteiger partial charge in [0.05, 0.1) is 25.9 Å². The number of carbonyl (C=O) groups is 1. The number of carbonyl (C=O) groups excluding carboxylic acids is 1. The Labute approximate surface area is 270 Å². The summed E-state index contributed by atoms with van der Waals surface area (Å²) in [7, 11) is -1.62. The standard InChI is InChI=1S/C39H48O5Si/c1-28(26-42-27-30-18-20-32(41-7)21-19-30)31-22-23-39(6)25-36(37(40)29(2)35(39)24-31)43-45(44-38(3,4)5,33-14-10-8-11-15-33)34-16-12-9-13-17-34/h8-21,31,36H,1,22-27H2,2-7H3/t31-,36?,39-/m1/s1. The highest BCUT2D eigenvalue weighted by molar-refractivity contribution is 6.92.